The molecule has 1 fully saturated rings. The molecular formula is C19H20ClFN2O. The van der Waals surface area contributed by atoms with Crippen molar-refractivity contribution >= 4 is 23.2 Å². The molecule has 1 unspecified atom stereocenters. The lowest BCUT2D eigenvalue weighted by molar-refractivity contribution is -0.121. The first-order valence-electron chi connectivity index (χ1n) is 8.14. The maximum atomic E-state index is 13.2. The number of rotatable bonds is 4. The van der Waals surface area contributed by atoms with Crippen LogP contribution in [0.5, 0.6) is 0 Å². The van der Waals surface area contributed by atoms with Crippen molar-refractivity contribution in [1.82, 2.24) is 4.90 Å². The molecule has 3 rings (SSSR count). The number of nitrogens with one attached hydrogen (secondary N) is 1. The van der Waals surface area contributed by atoms with Crippen molar-refractivity contribution in [3.8, 4) is 0 Å². The van der Waals surface area contributed by atoms with Crippen LogP contribution in [0.25, 0.3) is 0 Å². The maximum absolute atomic E-state index is 13.2. The van der Waals surface area contributed by atoms with Gasteiger partial charge in [-0.15, -0.1) is 0 Å². The van der Waals surface area contributed by atoms with Crippen LogP contribution in [-0.4, -0.2) is 23.9 Å². The number of carbonyl (C=O) groups is 1. The summed E-state index contributed by atoms with van der Waals surface area (Å²) in [4.78, 5) is 14.8. The summed E-state index contributed by atoms with van der Waals surface area (Å²) in [7, 11) is 0. The summed E-state index contributed by atoms with van der Waals surface area (Å²) in [6.07, 6.45) is 1.86. The number of anilines is 1. The summed E-state index contributed by atoms with van der Waals surface area (Å²) in [5.74, 6) is -0.580. The van der Waals surface area contributed by atoms with Crippen LogP contribution in [0.1, 0.15) is 18.4 Å². The predicted octanol–water partition coefficient (Wildman–Crippen LogP) is 4.33. The van der Waals surface area contributed by atoms with Gasteiger partial charge in [-0.2, -0.15) is 0 Å². The summed E-state index contributed by atoms with van der Waals surface area (Å²) in [5, 5.41) is 2.86. The van der Waals surface area contributed by atoms with E-state index in [9.17, 15) is 9.18 Å². The molecule has 0 radical (unpaired) electrons. The van der Waals surface area contributed by atoms with Crippen LogP contribution in [-0.2, 0) is 11.3 Å². The Bertz CT molecular complexity index is 708. The molecule has 5 heteroatoms. The molecular weight excluding hydrogens is 327 g/mol. The largest absolute Gasteiger partial charge is 0.326 e. The lowest BCUT2D eigenvalue weighted by atomic mass is 9.96. The van der Waals surface area contributed by atoms with Crippen LogP contribution in [0.2, 0.25) is 5.02 Å². The fraction of sp³-hybridized carbons (Fsp3) is 0.316. The molecule has 1 atom stereocenters. The minimum absolute atomic E-state index is 0.0159. The van der Waals surface area contributed by atoms with Gasteiger partial charge in [-0.1, -0.05) is 41.9 Å². The molecule has 24 heavy (non-hydrogen) atoms. The molecule has 1 N–H and O–H groups in total. The Labute approximate surface area is 146 Å². The molecule has 0 bridgehead atoms. The third kappa shape index (κ3) is 4.34. The molecule has 126 valence electrons. The molecule has 1 aliphatic rings. The smallest absolute Gasteiger partial charge is 0.228 e. The van der Waals surface area contributed by atoms with Crippen LogP contribution in [0.3, 0.4) is 0 Å². The number of hydrogen-bond acceptors (Lipinski definition) is 2. The summed E-state index contributed by atoms with van der Waals surface area (Å²) in [6, 6.07) is 14.5. The van der Waals surface area contributed by atoms with Crippen molar-refractivity contribution < 1.29 is 9.18 Å². The normalized spacial score (nSPS) is 18.3. The van der Waals surface area contributed by atoms with E-state index >= 15 is 0 Å². The monoisotopic (exact) mass is 346 g/mol. The molecule has 0 aromatic heterocycles. The van der Waals surface area contributed by atoms with Gasteiger partial charge in [-0.05, 0) is 43.1 Å². The van der Waals surface area contributed by atoms with Gasteiger partial charge in [-0.3, -0.25) is 9.69 Å². The van der Waals surface area contributed by atoms with Gasteiger partial charge in [0.15, 0.2) is 0 Å². The van der Waals surface area contributed by atoms with E-state index in [-0.39, 0.29) is 16.8 Å². The molecule has 1 amide bonds. The van der Waals surface area contributed by atoms with Gasteiger partial charge in [0.25, 0.3) is 0 Å². The van der Waals surface area contributed by atoms with E-state index in [2.05, 4.69) is 22.3 Å². The standard InChI is InChI=1S/C19H20ClFN2O/c20-17-11-16(8-9-18(17)21)22-19(24)15-7-4-10-23(13-15)12-14-5-2-1-3-6-14/h1-3,5-6,8-9,11,15H,4,7,10,12-13H2,(H,22,24). The second-order valence-electron chi connectivity index (χ2n) is 6.18. The Morgan fingerprint density at radius 1 is 1.25 bits per heavy atom. The van der Waals surface area contributed by atoms with Crippen molar-refractivity contribution in [2.45, 2.75) is 19.4 Å². The van der Waals surface area contributed by atoms with Gasteiger partial charge in [0, 0.05) is 18.8 Å². The zero-order valence-corrected chi connectivity index (χ0v) is 14.1. The molecule has 2 aromatic carbocycles. The van der Waals surface area contributed by atoms with Crippen molar-refractivity contribution in [3.63, 3.8) is 0 Å². The number of likely N-dealkylation sites (tertiary alicyclic amines) is 1. The van der Waals surface area contributed by atoms with Gasteiger partial charge in [0.1, 0.15) is 5.82 Å². The van der Waals surface area contributed by atoms with E-state index < -0.39 is 5.82 Å². The van der Waals surface area contributed by atoms with Gasteiger partial charge >= 0.3 is 0 Å². The Hall–Kier alpha value is -1.91. The molecule has 0 saturated carbocycles. The lowest BCUT2D eigenvalue weighted by Crippen LogP contribution is -2.40. The van der Waals surface area contributed by atoms with Gasteiger partial charge in [0.05, 0.1) is 10.9 Å². The van der Waals surface area contributed by atoms with E-state index in [1.165, 1.54) is 23.8 Å². The average Bonchev–Trinajstić information content (AvgIpc) is 2.59. The minimum Gasteiger partial charge on any atom is -0.326 e. The van der Waals surface area contributed by atoms with Crippen LogP contribution >= 0.6 is 11.6 Å². The van der Waals surface area contributed by atoms with Crippen LogP contribution in [0.15, 0.2) is 48.5 Å². The first kappa shape index (κ1) is 16.9. The highest BCUT2D eigenvalue weighted by atomic mass is 35.5. The maximum Gasteiger partial charge on any atom is 0.228 e. The number of piperidine rings is 1. The third-order valence-corrected chi connectivity index (χ3v) is 4.60. The van der Waals surface area contributed by atoms with E-state index in [4.69, 9.17) is 11.6 Å². The fourth-order valence-corrected chi connectivity index (χ4v) is 3.25. The SMILES string of the molecule is O=C(Nc1ccc(F)c(Cl)c1)C1CCCN(Cc2ccccc2)C1. The van der Waals surface area contributed by atoms with Gasteiger partial charge < -0.3 is 5.32 Å². The van der Waals surface area contributed by atoms with E-state index in [0.717, 1.165) is 32.5 Å². The Morgan fingerprint density at radius 2 is 2.04 bits per heavy atom. The van der Waals surface area contributed by atoms with Crippen molar-refractivity contribution in [1.29, 1.82) is 0 Å². The number of halogens is 2. The van der Waals surface area contributed by atoms with Crippen LogP contribution in [0, 0.1) is 11.7 Å². The van der Waals surface area contributed by atoms with E-state index in [1.54, 1.807) is 0 Å². The highest BCUT2D eigenvalue weighted by Crippen LogP contribution is 2.23. The summed E-state index contributed by atoms with van der Waals surface area (Å²) in [6.45, 7) is 2.59. The number of amides is 1. The molecule has 0 spiro atoms. The first-order chi connectivity index (χ1) is 11.6. The molecule has 1 saturated heterocycles. The van der Waals surface area contributed by atoms with Gasteiger partial charge in [0.2, 0.25) is 5.91 Å². The van der Waals surface area contributed by atoms with Gasteiger partial charge in [-0.25, -0.2) is 4.39 Å². The topological polar surface area (TPSA) is 32.3 Å². The Balaban J connectivity index is 1.59. The number of benzene rings is 2. The zero-order chi connectivity index (χ0) is 16.9. The lowest BCUT2D eigenvalue weighted by Gasteiger charge is -2.32. The highest BCUT2D eigenvalue weighted by Gasteiger charge is 2.26. The Morgan fingerprint density at radius 3 is 2.79 bits per heavy atom. The Kier molecular flexibility index (Phi) is 5.48. The fourth-order valence-electron chi connectivity index (χ4n) is 3.07. The van der Waals surface area contributed by atoms with E-state index in [0.29, 0.717) is 5.69 Å². The second kappa shape index (κ2) is 7.77. The summed E-state index contributed by atoms with van der Waals surface area (Å²) < 4.78 is 13.2. The van der Waals surface area contributed by atoms with Crippen LogP contribution < -0.4 is 5.32 Å². The first-order valence-corrected chi connectivity index (χ1v) is 8.52. The van der Waals surface area contributed by atoms with E-state index in [1.807, 2.05) is 18.2 Å². The number of nitrogens with zero attached hydrogens (tertiary/aromatic N) is 1. The molecule has 3 nitrogen and oxygen atoms in total. The minimum atomic E-state index is -0.485. The molecule has 1 aliphatic heterocycles. The summed E-state index contributed by atoms with van der Waals surface area (Å²) in [5.41, 5.74) is 1.79. The summed E-state index contributed by atoms with van der Waals surface area (Å²) >= 11 is 5.76. The quantitative estimate of drug-likeness (QED) is 0.893. The van der Waals surface area contributed by atoms with Crippen LogP contribution in [0.4, 0.5) is 10.1 Å². The molecule has 2 aromatic rings. The average molecular weight is 347 g/mol. The van der Waals surface area contributed by atoms with Crippen molar-refractivity contribution in [2.24, 2.45) is 5.92 Å². The third-order valence-electron chi connectivity index (χ3n) is 4.31. The number of carbonyl (C=O) groups excluding carboxylic acids is 1. The number of hydrogen-bond donors (Lipinski definition) is 1. The zero-order valence-electron chi connectivity index (χ0n) is 13.3. The van der Waals surface area contributed by atoms with Crippen molar-refractivity contribution in [3.05, 3.63) is 64.9 Å². The van der Waals surface area contributed by atoms with Crippen molar-refractivity contribution in [2.75, 3.05) is 18.4 Å². The molecule has 1 heterocycles. The highest BCUT2D eigenvalue weighted by molar-refractivity contribution is 6.31. The predicted molar refractivity (Wildman–Crippen MR) is 94.5 cm³/mol. The molecule has 0 aliphatic carbocycles. The second-order valence-corrected chi connectivity index (χ2v) is 6.59.